The summed E-state index contributed by atoms with van der Waals surface area (Å²) in [6, 6.07) is 20.3. The third kappa shape index (κ3) is 4.87. The van der Waals surface area contributed by atoms with Gasteiger partial charge in [0.2, 0.25) is 5.91 Å². The Balaban J connectivity index is 1.33. The monoisotopic (exact) mass is 419 g/mol. The first-order valence-corrected chi connectivity index (χ1v) is 10.2. The van der Waals surface area contributed by atoms with Gasteiger partial charge in [-0.2, -0.15) is 0 Å². The molecule has 0 atom stereocenters. The van der Waals surface area contributed by atoms with Crippen molar-refractivity contribution >= 4 is 45.9 Å². The average molecular weight is 419 g/mol. The first kappa shape index (κ1) is 19.7. The summed E-state index contributed by atoms with van der Waals surface area (Å²) in [6.07, 6.45) is 1.86. The lowest BCUT2D eigenvalue weighted by molar-refractivity contribution is -0.113. The molecular weight excluding hydrogens is 401 g/mol. The number of carbonyl (C=O) groups excluding carboxylic acids is 2. The Hall–Kier alpha value is -3.58. The van der Waals surface area contributed by atoms with Gasteiger partial charge < -0.3 is 15.6 Å². The topological polar surface area (TPSA) is 74.0 Å². The van der Waals surface area contributed by atoms with Gasteiger partial charge in [-0.1, -0.05) is 12.1 Å². The molecule has 1 aromatic heterocycles. The van der Waals surface area contributed by atoms with E-state index in [1.165, 1.54) is 36.0 Å². The Morgan fingerprint density at radius 2 is 1.70 bits per heavy atom. The predicted octanol–water partition coefficient (Wildman–Crippen LogP) is 5.29. The summed E-state index contributed by atoms with van der Waals surface area (Å²) in [5.41, 5.74) is 2.67. The number of hydrogen-bond donors (Lipinski definition) is 3. The number of rotatable bonds is 6. The average Bonchev–Trinajstić information content (AvgIpc) is 3.21. The van der Waals surface area contributed by atoms with E-state index in [1.54, 1.807) is 18.2 Å². The number of fused-ring (bicyclic) bond motifs is 1. The van der Waals surface area contributed by atoms with E-state index in [0.717, 1.165) is 21.5 Å². The number of aromatic nitrogens is 1. The molecule has 7 heteroatoms. The van der Waals surface area contributed by atoms with Gasteiger partial charge in [0, 0.05) is 33.5 Å². The normalized spacial score (nSPS) is 10.7. The molecule has 0 saturated heterocycles. The molecule has 0 spiro atoms. The molecule has 2 amide bonds. The Labute approximate surface area is 176 Å². The van der Waals surface area contributed by atoms with Gasteiger partial charge >= 0.3 is 0 Å². The molecule has 4 rings (SSSR count). The minimum atomic E-state index is -0.393. The van der Waals surface area contributed by atoms with Crippen LogP contribution in [0.15, 0.2) is 83.9 Å². The molecule has 1 heterocycles. The SMILES string of the molecule is O=C(CSc1cccc(NC(=O)c2ccc(F)cc2)c1)Nc1ccc2cc[nH]c2c1. The number of amides is 2. The van der Waals surface area contributed by atoms with E-state index in [0.29, 0.717) is 11.3 Å². The largest absolute Gasteiger partial charge is 0.361 e. The lowest BCUT2D eigenvalue weighted by Crippen LogP contribution is -2.14. The van der Waals surface area contributed by atoms with Crippen molar-refractivity contribution < 1.29 is 14.0 Å². The van der Waals surface area contributed by atoms with Crippen molar-refractivity contribution in [3.63, 3.8) is 0 Å². The molecule has 3 N–H and O–H groups in total. The lowest BCUT2D eigenvalue weighted by Gasteiger charge is -2.08. The van der Waals surface area contributed by atoms with Crippen LogP contribution in [0.2, 0.25) is 0 Å². The van der Waals surface area contributed by atoms with Crippen LogP contribution in [0.1, 0.15) is 10.4 Å². The fourth-order valence-electron chi connectivity index (χ4n) is 2.94. The minimum Gasteiger partial charge on any atom is -0.361 e. The molecule has 0 saturated carbocycles. The molecule has 0 aliphatic rings. The second-order valence-electron chi connectivity index (χ2n) is 6.61. The van der Waals surface area contributed by atoms with E-state index < -0.39 is 5.82 Å². The fraction of sp³-hybridized carbons (Fsp3) is 0.0435. The molecule has 0 aliphatic heterocycles. The Morgan fingerprint density at radius 1 is 0.900 bits per heavy atom. The Morgan fingerprint density at radius 3 is 2.53 bits per heavy atom. The quantitative estimate of drug-likeness (QED) is 0.372. The standard InChI is InChI=1S/C23H18FN3O2S/c24-17-7-4-16(5-8-17)23(29)27-18-2-1-3-20(12-18)30-14-22(28)26-19-9-6-15-10-11-25-21(15)13-19/h1-13,25H,14H2,(H,26,28)(H,27,29). The molecular formula is C23H18FN3O2S. The van der Waals surface area contributed by atoms with Crippen LogP contribution in [0, 0.1) is 5.82 Å². The van der Waals surface area contributed by atoms with Gasteiger partial charge in [-0.3, -0.25) is 9.59 Å². The van der Waals surface area contributed by atoms with Gasteiger partial charge in [-0.05, 0) is 66.0 Å². The van der Waals surface area contributed by atoms with Crippen LogP contribution in [0.25, 0.3) is 10.9 Å². The van der Waals surface area contributed by atoms with Crippen molar-refractivity contribution in [2.24, 2.45) is 0 Å². The number of anilines is 2. The summed E-state index contributed by atoms with van der Waals surface area (Å²) in [5.74, 6) is -0.602. The van der Waals surface area contributed by atoms with Crippen molar-refractivity contribution in [3.05, 3.63) is 90.4 Å². The van der Waals surface area contributed by atoms with Crippen LogP contribution in [0.3, 0.4) is 0 Å². The Bertz CT molecular complexity index is 1200. The van der Waals surface area contributed by atoms with Gasteiger partial charge in [-0.15, -0.1) is 11.8 Å². The van der Waals surface area contributed by atoms with Crippen molar-refractivity contribution in [1.29, 1.82) is 0 Å². The van der Waals surface area contributed by atoms with Gasteiger partial charge in [0.25, 0.3) is 5.91 Å². The van der Waals surface area contributed by atoms with E-state index in [9.17, 15) is 14.0 Å². The van der Waals surface area contributed by atoms with Crippen LogP contribution in [-0.2, 0) is 4.79 Å². The zero-order valence-electron chi connectivity index (χ0n) is 15.8. The molecule has 0 fully saturated rings. The summed E-state index contributed by atoms with van der Waals surface area (Å²) in [4.78, 5) is 28.5. The smallest absolute Gasteiger partial charge is 0.255 e. The highest BCUT2D eigenvalue weighted by molar-refractivity contribution is 8.00. The summed E-state index contributed by atoms with van der Waals surface area (Å²) in [6.45, 7) is 0. The first-order valence-electron chi connectivity index (χ1n) is 9.24. The van der Waals surface area contributed by atoms with Gasteiger partial charge in [-0.25, -0.2) is 4.39 Å². The van der Waals surface area contributed by atoms with E-state index in [2.05, 4.69) is 15.6 Å². The summed E-state index contributed by atoms with van der Waals surface area (Å²) in [5, 5.41) is 6.75. The number of thioether (sulfide) groups is 1. The highest BCUT2D eigenvalue weighted by Gasteiger charge is 2.08. The van der Waals surface area contributed by atoms with Crippen LogP contribution in [0.5, 0.6) is 0 Å². The van der Waals surface area contributed by atoms with Gasteiger partial charge in [0.15, 0.2) is 0 Å². The molecule has 150 valence electrons. The van der Waals surface area contributed by atoms with Crippen LogP contribution in [0.4, 0.5) is 15.8 Å². The number of carbonyl (C=O) groups is 2. The minimum absolute atomic E-state index is 0.119. The number of nitrogens with one attached hydrogen (secondary N) is 3. The van der Waals surface area contributed by atoms with Gasteiger partial charge in [0.1, 0.15) is 5.82 Å². The second-order valence-corrected chi connectivity index (χ2v) is 7.65. The summed E-state index contributed by atoms with van der Waals surface area (Å²) >= 11 is 1.37. The fourth-order valence-corrected chi connectivity index (χ4v) is 3.69. The zero-order valence-corrected chi connectivity index (χ0v) is 16.6. The van der Waals surface area contributed by atoms with E-state index >= 15 is 0 Å². The number of H-pyrrole nitrogens is 1. The lowest BCUT2D eigenvalue weighted by atomic mass is 10.2. The molecule has 0 unspecified atom stereocenters. The maximum atomic E-state index is 13.0. The zero-order chi connectivity index (χ0) is 20.9. The molecule has 4 aromatic rings. The third-order valence-corrected chi connectivity index (χ3v) is 5.40. The van der Waals surface area contributed by atoms with Crippen LogP contribution >= 0.6 is 11.8 Å². The second kappa shape index (κ2) is 8.84. The van der Waals surface area contributed by atoms with Crippen molar-refractivity contribution in [3.8, 4) is 0 Å². The molecule has 0 aliphatic carbocycles. The van der Waals surface area contributed by atoms with Crippen LogP contribution in [-0.4, -0.2) is 22.6 Å². The molecule has 30 heavy (non-hydrogen) atoms. The molecule has 3 aromatic carbocycles. The first-order chi connectivity index (χ1) is 14.6. The highest BCUT2D eigenvalue weighted by atomic mass is 32.2. The highest BCUT2D eigenvalue weighted by Crippen LogP contribution is 2.23. The molecule has 5 nitrogen and oxygen atoms in total. The van der Waals surface area contributed by atoms with E-state index in [-0.39, 0.29) is 17.6 Å². The predicted molar refractivity (Wildman–Crippen MR) is 118 cm³/mol. The number of benzene rings is 3. The number of hydrogen-bond acceptors (Lipinski definition) is 3. The third-order valence-electron chi connectivity index (χ3n) is 4.41. The Kier molecular flexibility index (Phi) is 5.81. The van der Waals surface area contributed by atoms with Crippen molar-refractivity contribution in [2.75, 3.05) is 16.4 Å². The maximum Gasteiger partial charge on any atom is 0.255 e. The van der Waals surface area contributed by atoms with Crippen molar-refractivity contribution in [1.82, 2.24) is 4.98 Å². The van der Waals surface area contributed by atoms with Crippen molar-refractivity contribution in [2.45, 2.75) is 4.90 Å². The number of halogens is 1. The van der Waals surface area contributed by atoms with E-state index in [1.807, 2.05) is 36.5 Å². The van der Waals surface area contributed by atoms with Gasteiger partial charge in [0.05, 0.1) is 5.75 Å². The van der Waals surface area contributed by atoms with E-state index in [4.69, 9.17) is 0 Å². The number of aromatic amines is 1. The summed E-state index contributed by atoms with van der Waals surface area (Å²) in [7, 11) is 0. The summed E-state index contributed by atoms with van der Waals surface area (Å²) < 4.78 is 13.0. The van der Waals surface area contributed by atoms with Crippen LogP contribution < -0.4 is 10.6 Å². The molecule has 0 radical (unpaired) electrons. The molecule has 0 bridgehead atoms. The maximum absolute atomic E-state index is 13.0.